The van der Waals surface area contributed by atoms with Gasteiger partial charge in [0.1, 0.15) is 12.9 Å². The Morgan fingerprint density at radius 1 is 1.12 bits per heavy atom. The predicted octanol–water partition coefficient (Wildman–Crippen LogP) is 2.89. The number of rotatable bonds is 7. The number of hydrogen-bond donors (Lipinski definition) is 2. The molecule has 26 heavy (non-hydrogen) atoms. The average Bonchev–Trinajstić information content (AvgIpc) is 3.07. The zero-order chi connectivity index (χ0) is 19.0. The number of aryl methyl sites for hydroxylation is 1. The van der Waals surface area contributed by atoms with Crippen molar-refractivity contribution in [3.63, 3.8) is 0 Å². The molecule has 0 radical (unpaired) electrons. The molecule has 0 amide bonds. The third kappa shape index (κ3) is 5.86. The van der Waals surface area contributed by atoms with E-state index in [1.807, 2.05) is 4.57 Å². The van der Waals surface area contributed by atoms with Crippen LogP contribution < -0.4 is 10.6 Å². The molecule has 1 aromatic carbocycles. The number of guanidine groups is 1. The van der Waals surface area contributed by atoms with E-state index in [1.165, 1.54) is 11.1 Å². The second-order valence-corrected chi connectivity index (χ2v) is 7.35. The number of aromatic nitrogens is 3. The summed E-state index contributed by atoms with van der Waals surface area (Å²) in [6, 6.07) is 8.89. The first kappa shape index (κ1) is 19.9. The maximum absolute atomic E-state index is 4.61. The average molecular weight is 357 g/mol. The van der Waals surface area contributed by atoms with Gasteiger partial charge in [-0.05, 0) is 36.8 Å². The molecule has 2 rings (SSSR count). The summed E-state index contributed by atoms with van der Waals surface area (Å²) in [4.78, 5) is 4.61. The van der Waals surface area contributed by atoms with Gasteiger partial charge in [0.15, 0.2) is 11.8 Å². The molecule has 0 saturated carbocycles. The Morgan fingerprint density at radius 2 is 1.85 bits per heavy atom. The molecule has 2 N–H and O–H groups in total. The third-order valence-electron chi connectivity index (χ3n) is 4.29. The van der Waals surface area contributed by atoms with Gasteiger partial charge in [-0.1, -0.05) is 45.0 Å². The lowest BCUT2D eigenvalue weighted by molar-refractivity contribution is 0.590. The summed E-state index contributed by atoms with van der Waals surface area (Å²) >= 11 is 0. The van der Waals surface area contributed by atoms with Crippen LogP contribution >= 0.6 is 0 Å². The molecule has 6 nitrogen and oxygen atoms in total. The van der Waals surface area contributed by atoms with Crippen molar-refractivity contribution in [3.8, 4) is 0 Å². The van der Waals surface area contributed by atoms with Crippen LogP contribution in [-0.4, -0.2) is 33.8 Å². The fourth-order valence-corrected chi connectivity index (χ4v) is 2.65. The summed E-state index contributed by atoms with van der Waals surface area (Å²) in [7, 11) is 0. The molecule has 6 heteroatoms. The second-order valence-electron chi connectivity index (χ2n) is 7.35. The predicted molar refractivity (Wildman–Crippen MR) is 107 cm³/mol. The van der Waals surface area contributed by atoms with Crippen molar-refractivity contribution in [2.24, 2.45) is 4.99 Å². The largest absolute Gasteiger partial charge is 0.357 e. The summed E-state index contributed by atoms with van der Waals surface area (Å²) in [6.07, 6.45) is 2.70. The molecule has 1 aromatic heterocycles. The van der Waals surface area contributed by atoms with Crippen LogP contribution in [0.4, 0.5) is 0 Å². The molecule has 0 bridgehead atoms. The van der Waals surface area contributed by atoms with Crippen molar-refractivity contribution in [3.05, 3.63) is 47.5 Å². The molecule has 2 aromatic rings. The number of nitrogens with zero attached hydrogens (tertiary/aromatic N) is 4. The molecular weight excluding hydrogens is 324 g/mol. The molecular formula is C20H32N6. The highest BCUT2D eigenvalue weighted by molar-refractivity contribution is 5.79. The van der Waals surface area contributed by atoms with Gasteiger partial charge in [-0.25, -0.2) is 4.99 Å². The first-order valence-electron chi connectivity index (χ1n) is 9.42. The Kier molecular flexibility index (Phi) is 7.18. The molecule has 0 aliphatic carbocycles. The lowest BCUT2D eigenvalue weighted by Crippen LogP contribution is -2.38. The summed E-state index contributed by atoms with van der Waals surface area (Å²) in [5.41, 5.74) is 2.89. The van der Waals surface area contributed by atoms with E-state index in [9.17, 15) is 0 Å². The van der Waals surface area contributed by atoms with Crippen LogP contribution in [0.25, 0.3) is 0 Å². The Balaban J connectivity index is 1.89. The monoisotopic (exact) mass is 356 g/mol. The normalized spacial score (nSPS) is 12.3. The van der Waals surface area contributed by atoms with Gasteiger partial charge in [-0.15, -0.1) is 10.2 Å². The van der Waals surface area contributed by atoms with Crippen molar-refractivity contribution in [2.75, 3.05) is 13.1 Å². The Labute approximate surface area is 157 Å². The summed E-state index contributed by atoms with van der Waals surface area (Å²) in [5, 5.41) is 14.7. The van der Waals surface area contributed by atoms with Gasteiger partial charge in [0, 0.05) is 19.6 Å². The molecule has 0 aliphatic heterocycles. The highest BCUT2D eigenvalue weighted by Crippen LogP contribution is 2.22. The first-order valence-corrected chi connectivity index (χ1v) is 9.42. The fourth-order valence-electron chi connectivity index (χ4n) is 2.65. The summed E-state index contributed by atoms with van der Waals surface area (Å²) < 4.78 is 2.00. The van der Waals surface area contributed by atoms with E-state index >= 15 is 0 Å². The first-order chi connectivity index (χ1) is 12.4. The SMILES string of the molecule is CCNC(=NCc1nncn1CC)NCCc1ccc(C(C)(C)C)cc1. The fraction of sp³-hybridized carbons (Fsp3) is 0.550. The van der Waals surface area contributed by atoms with Gasteiger partial charge >= 0.3 is 0 Å². The van der Waals surface area contributed by atoms with E-state index in [2.05, 4.69) is 84.7 Å². The van der Waals surface area contributed by atoms with Crippen molar-refractivity contribution in [1.82, 2.24) is 25.4 Å². The lowest BCUT2D eigenvalue weighted by Gasteiger charge is -2.19. The maximum Gasteiger partial charge on any atom is 0.191 e. The number of benzene rings is 1. The molecule has 142 valence electrons. The minimum Gasteiger partial charge on any atom is -0.357 e. The Hall–Kier alpha value is -2.37. The van der Waals surface area contributed by atoms with Crippen molar-refractivity contribution >= 4 is 5.96 Å². The van der Waals surface area contributed by atoms with Crippen LogP contribution in [0.1, 0.15) is 51.6 Å². The van der Waals surface area contributed by atoms with Gasteiger partial charge in [-0.3, -0.25) is 0 Å². The van der Waals surface area contributed by atoms with Crippen LogP contribution in [0.3, 0.4) is 0 Å². The highest BCUT2D eigenvalue weighted by Gasteiger charge is 2.12. The number of hydrogen-bond acceptors (Lipinski definition) is 3. The number of nitrogens with one attached hydrogen (secondary N) is 2. The van der Waals surface area contributed by atoms with Crippen molar-refractivity contribution in [2.45, 2.75) is 59.5 Å². The lowest BCUT2D eigenvalue weighted by atomic mass is 9.86. The zero-order valence-electron chi connectivity index (χ0n) is 16.7. The van der Waals surface area contributed by atoms with E-state index < -0.39 is 0 Å². The topological polar surface area (TPSA) is 67.1 Å². The molecule has 1 heterocycles. The number of aliphatic imine (C=N–C) groups is 1. The second kappa shape index (κ2) is 9.36. The van der Waals surface area contributed by atoms with Crippen LogP contribution in [0.2, 0.25) is 0 Å². The Bertz CT molecular complexity index is 694. The van der Waals surface area contributed by atoms with E-state index in [4.69, 9.17) is 0 Å². The van der Waals surface area contributed by atoms with Crippen molar-refractivity contribution in [1.29, 1.82) is 0 Å². The van der Waals surface area contributed by atoms with Crippen LogP contribution in [-0.2, 0) is 24.9 Å². The van der Waals surface area contributed by atoms with Gasteiger partial charge in [-0.2, -0.15) is 0 Å². The minimum absolute atomic E-state index is 0.195. The smallest absolute Gasteiger partial charge is 0.191 e. The zero-order valence-corrected chi connectivity index (χ0v) is 16.7. The quantitative estimate of drug-likeness (QED) is 0.591. The molecule has 0 atom stereocenters. The molecule has 0 spiro atoms. The molecule has 0 saturated heterocycles. The van der Waals surface area contributed by atoms with Gasteiger partial charge in [0.25, 0.3) is 0 Å². The third-order valence-corrected chi connectivity index (χ3v) is 4.29. The van der Waals surface area contributed by atoms with Crippen LogP contribution in [0.5, 0.6) is 0 Å². The van der Waals surface area contributed by atoms with Gasteiger partial charge in [0.2, 0.25) is 0 Å². The molecule has 0 fully saturated rings. The summed E-state index contributed by atoms with van der Waals surface area (Å²) in [5.74, 6) is 1.69. The standard InChI is InChI=1S/C20H32N6/c1-6-21-19(23-14-18-25-24-15-26(18)7-2)22-13-12-16-8-10-17(11-9-16)20(3,4)5/h8-11,15H,6-7,12-14H2,1-5H3,(H2,21,22,23). The highest BCUT2D eigenvalue weighted by atomic mass is 15.3. The van der Waals surface area contributed by atoms with Crippen LogP contribution in [0, 0.1) is 0 Å². The van der Waals surface area contributed by atoms with Gasteiger partial charge < -0.3 is 15.2 Å². The van der Waals surface area contributed by atoms with Crippen LogP contribution in [0.15, 0.2) is 35.6 Å². The summed E-state index contributed by atoms with van der Waals surface area (Å²) in [6.45, 7) is 13.9. The molecule has 0 unspecified atom stereocenters. The Morgan fingerprint density at radius 3 is 2.46 bits per heavy atom. The van der Waals surface area contributed by atoms with E-state index in [-0.39, 0.29) is 5.41 Å². The van der Waals surface area contributed by atoms with Gasteiger partial charge in [0.05, 0.1) is 0 Å². The van der Waals surface area contributed by atoms with E-state index in [0.29, 0.717) is 6.54 Å². The minimum atomic E-state index is 0.195. The van der Waals surface area contributed by atoms with Crippen molar-refractivity contribution < 1.29 is 0 Å². The van der Waals surface area contributed by atoms with E-state index in [1.54, 1.807) is 6.33 Å². The van der Waals surface area contributed by atoms with E-state index in [0.717, 1.165) is 37.8 Å². The maximum atomic E-state index is 4.61. The molecule has 0 aliphatic rings.